The largest absolute Gasteiger partial charge is 0.495 e. The second-order valence-electron chi connectivity index (χ2n) is 6.74. The maximum atomic E-state index is 13.1. The first kappa shape index (κ1) is 20.1. The Morgan fingerprint density at radius 1 is 1.18 bits per heavy atom. The molecule has 6 nitrogen and oxygen atoms in total. The zero-order chi connectivity index (χ0) is 20.3. The van der Waals surface area contributed by atoms with Crippen molar-refractivity contribution in [3.8, 4) is 5.75 Å². The molecule has 1 aliphatic rings. The Morgan fingerprint density at radius 3 is 2.61 bits per heavy atom. The summed E-state index contributed by atoms with van der Waals surface area (Å²) in [6, 6.07) is 9.35. The molecule has 7 heteroatoms. The number of rotatable bonds is 8. The molecular weight excluding hydrogens is 376 g/mol. The number of aryl methyl sites for hydroxylation is 1. The summed E-state index contributed by atoms with van der Waals surface area (Å²) in [7, 11) is 1.57. The minimum atomic E-state index is -0.357. The second-order valence-corrected chi connectivity index (χ2v) is 7.69. The van der Waals surface area contributed by atoms with Crippen molar-refractivity contribution in [2.24, 2.45) is 0 Å². The fraction of sp³-hybridized carbons (Fsp3) is 0.333. The molecule has 1 aliphatic heterocycles. The van der Waals surface area contributed by atoms with Gasteiger partial charge in [-0.05, 0) is 49.9 Å². The van der Waals surface area contributed by atoms with E-state index in [9.17, 15) is 9.59 Å². The fourth-order valence-electron chi connectivity index (χ4n) is 2.98. The van der Waals surface area contributed by atoms with Crippen molar-refractivity contribution in [3.63, 3.8) is 0 Å². The average Bonchev–Trinajstić information content (AvgIpc) is 3.24. The summed E-state index contributed by atoms with van der Waals surface area (Å²) in [6.45, 7) is 6.30. The van der Waals surface area contributed by atoms with E-state index in [2.05, 4.69) is 5.32 Å². The van der Waals surface area contributed by atoms with Gasteiger partial charge in [-0.2, -0.15) is 0 Å². The monoisotopic (exact) mass is 400 g/mol. The van der Waals surface area contributed by atoms with Crippen LogP contribution >= 0.6 is 11.3 Å². The zero-order valence-corrected chi connectivity index (χ0v) is 17.3. The van der Waals surface area contributed by atoms with Crippen LogP contribution in [0.4, 0.5) is 5.69 Å². The number of methoxy groups -OCH3 is 1. The van der Waals surface area contributed by atoms with E-state index < -0.39 is 0 Å². The molecule has 1 aromatic heterocycles. The van der Waals surface area contributed by atoms with Crippen LogP contribution in [0.15, 0.2) is 41.4 Å². The van der Waals surface area contributed by atoms with Gasteiger partial charge in [-0.25, -0.2) is 0 Å². The number of carbonyl (C=O) groups excluding carboxylic acids is 2. The predicted octanol–water partition coefficient (Wildman–Crippen LogP) is 3.68. The molecule has 3 rings (SSSR count). The summed E-state index contributed by atoms with van der Waals surface area (Å²) in [4.78, 5) is 28.1. The number of nitrogens with zero attached hydrogens (tertiary/aromatic N) is 1. The van der Waals surface area contributed by atoms with Crippen molar-refractivity contribution in [1.29, 1.82) is 0 Å². The molecule has 0 bridgehead atoms. The molecule has 0 radical (unpaired) electrons. The van der Waals surface area contributed by atoms with Gasteiger partial charge in [0.05, 0.1) is 37.6 Å². The third kappa shape index (κ3) is 4.10. The SMILES string of the molecule is COc1ccc(C)cc1NC1=C(c2cccs2)C(=O)N(CCOC(C)C)C1=O. The molecule has 1 N–H and O–H groups in total. The Bertz CT molecular complexity index is 903. The van der Waals surface area contributed by atoms with Gasteiger partial charge in [0.15, 0.2) is 0 Å². The molecule has 148 valence electrons. The topological polar surface area (TPSA) is 67.9 Å². The van der Waals surface area contributed by atoms with E-state index in [4.69, 9.17) is 9.47 Å². The molecule has 0 saturated heterocycles. The summed E-state index contributed by atoms with van der Waals surface area (Å²) < 4.78 is 10.9. The van der Waals surface area contributed by atoms with Gasteiger partial charge in [0.1, 0.15) is 11.4 Å². The zero-order valence-electron chi connectivity index (χ0n) is 16.4. The number of ether oxygens (including phenoxy) is 2. The van der Waals surface area contributed by atoms with Gasteiger partial charge < -0.3 is 14.8 Å². The van der Waals surface area contributed by atoms with Crippen LogP contribution in [0.3, 0.4) is 0 Å². The molecule has 28 heavy (non-hydrogen) atoms. The molecule has 1 aromatic carbocycles. The maximum Gasteiger partial charge on any atom is 0.278 e. The molecule has 0 unspecified atom stereocenters. The van der Waals surface area contributed by atoms with Gasteiger partial charge in [0.25, 0.3) is 11.8 Å². The maximum absolute atomic E-state index is 13.1. The Labute approximate surface area is 168 Å². The van der Waals surface area contributed by atoms with Crippen LogP contribution in [0.25, 0.3) is 5.57 Å². The highest BCUT2D eigenvalue weighted by Gasteiger charge is 2.39. The number of carbonyl (C=O) groups is 2. The summed E-state index contributed by atoms with van der Waals surface area (Å²) >= 11 is 1.42. The smallest absolute Gasteiger partial charge is 0.278 e. The number of hydrogen-bond donors (Lipinski definition) is 1. The molecule has 2 amide bonds. The first-order valence-electron chi connectivity index (χ1n) is 9.10. The fourth-order valence-corrected chi connectivity index (χ4v) is 3.75. The Hall–Kier alpha value is -2.64. The highest BCUT2D eigenvalue weighted by molar-refractivity contribution is 7.11. The van der Waals surface area contributed by atoms with Gasteiger partial charge in [0, 0.05) is 4.88 Å². The summed E-state index contributed by atoms with van der Waals surface area (Å²) in [5, 5.41) is 5.04. The van der Waals surface area contributed by atoms with E-state index in [1.165, 1.54) is 16.2 Å². The number of imide groups is 1. The lowest BCUT2D eigenvalue weighted by molar-refractivity contribution is -0.137. The number of amides is 2. The molecule has 0 atom stereocenters. The van der Waals surface area contributed by atoms with E-state index in [-0.39, 0.29) is 30.2 Å². The predicted molar refractivity (Wildman–Crippen MR) is 110 cm³/mol. The lowest BCUT2D eigenvalue weighted by Crippen LogP contribution is -2.35. The second kappa shape index (κ2) is 8.58. The van der Waals surface area contributed by atoms with Crippen LogP contribution in [-0.2, 0) is 14.3 Å². The van der Waals surface area contributed by atoms with Crippen molar-refractivity contribution >= 4 is 34.4 Å². The van der Waals surface area contributed by atoms with E-state index in [1.807, 2.05) is 56.5 Å². The number of anilines is 1. The van der Waals surface area contributed by atoms with E-state index >= 15 is 0 Å². The lowest BCUT2D eigenvalue weighted by Gasteiger charge is -2.17. The van der Waals surface area contributed by atoms with Gasteiger partial charge in [-0.3, -0.25) is 14.5 Å². The van der Waals surface area contributed by atoms with Crippen molar-refractivity contribution in [1.82, 2.24) is 4.90 Å². The van der Waals surface area contributed by atoms with Crippen LogP contribution in [0.1, 0.15) is 24.3 Å². The third-order valence-corrected chi connectivity index (χ3v) is 5.20. The van der Waals surface area contributed by atoms with Gasteiger partial charge in [-0.1, -0.05) is 12.1 Å². The van der Waals surface area contributed by atoms with Gasteiger partial charge in [-0.15, -0.1) is 11.3 Å². The Kier molecular flexibility index (Phi) is 6.16. The summed E-state index contributed by atoms with van der Waals surface area (Å²) in [5.74, 6) is -0.0660. The Balaban J connectivity index is 1.96. The molecule has 0 aliphatic carbocycles. The highest BCUT2D eigenvalue weighted by atomic mass is 32.1. The van der Waals surface area contributed by atoms with E-state index in [0.717, 1.165) is 10.4 Å². The number of nitrogens with one attached hydrogen (secondary N) is 1. The minimum Gasteiger partial charge on any atom is -0.495 e. The first-order chi connectivity index (χ1) is 13.4. The van der Waals surface area contributed by atoms with Gasteiger partial charge in [0.2, 0.25) is 0 Å². The molecule has 2 heterocycles. The average molecular weight is 401 g/mol. The number of hydrogen-bond acceptors (Lipinski definition) is 6. The summed E-state index contributed by atoms with van der Waals surface area (Å²) in [5.41, 5.74) is 2.31. The van der Waals surface area contributed by atoms with Crippen LogP contribution in [0, 0.1) is 6.92 Å². The molecule has 0 fully saturated rings. The molecule has 0 saturated carbocycles. The van der Waals surface area contributed by atoms with Crippen molar-refractivity contribution in [2.45, 2.75) is 26.9 Å². The van der Waals surface area contributed by atoms with E-state index in [1.54, 1.807) is 7.11 Å². The third-order valence-electron chi connectivity index (χ3n) is 4.32. The molecule has 2 aromatic rings. The van der Waals surface area contributed by atoms with Crippen molar-refractivity contribution in [3.05, 3.63) is 51.8 Å². The van der Waals surface area contributed by atoms with Gasteiger partial charge >= 0.3 is 0 Å². The number of thiophene rings is 1. The highest BCUT2D eigenvalue weighted by Crippen LogP contribution is 2.35. The van der Waals surface area contributed by atoms with Crippen molar-refractivity contribution < 1.29 is 19.1 Å². The standard InChI is InChI=1S/C21H24N2O4S/c1-13(2)27-10-9-23-20(24)18(17-6-5-11-28-17)19(21(23)25)22-15-12-14(3)7-8-16(15)26-4/h5-8,11-13,22H,9-10H2,1-4H3. The van der Waals surface area contributed by atoms with Crippen LogP contribution in [-0.4, -0.2) is 43.1 Å². The van der Waals surface area contributed by atoms with Crippen LogP contribution < -0.4 is 10.1 Å². The Morgan fingerprint density at radius 2 is 1.96 bits per heavy atom. The quantitative estimate of drug-likeness (QED) is 0.685. The molecular formula is C21H24N2O4S. The van der Waals surface area contributed by atoms with Crippen LogP contribution in [0.5, 0.6) is 5.75 Å². The minimum absolute atomic E-state index is 0.0340. The van der Waals surface area contributed by atoms with Crippen LogP contribution in [0.2, 0.25) is 0 Å². The normalized spacial score (nSPS) is 14.4. The van der Waals surface area contributed by atoms with Crippen molar-refractivity contribution in [2.75, 3.05) is 25.6 Å². The summed E-state index contributed by atoms with van der Waals surface area (Å²) in [6.07, 6.45) is 0.0340. The number of benzene rings is 1. The van der Waals surface area contributed by atoms with E-state index in [0.29, 0.717) is 23.6 Å². The molecule has 0 spiro atoms. The first-order valence-corrected chi connectivity index (χ1v) is 9.98. The lowest BCUT2D eigenvalue weighted by atomic mass is 10.1.